The van der Waals surface area contributed by atoms with Gasteiger partial charge in [-0.25, -0.2) is 9.37 Å². The van der Waals surface area contributed by atoms with Crippen LogP contribution >= 0.6 is 11.3 Å². The summed E-state index contributed by atoms with van der Waals surface area (Å²) >= 11 is 1.38. The van der Waals surface area contributed by atoms with E-state index in [0.717, 1.165) is 11.3 Å². The van der Waals surface area contributed by atoms with Gasteiger partial charge in [-0.3, -0.25) is 4.79 Å². The summed E-state index contributed by atoms with van der Waals surface area (Å²) in [6.45, 7) is 2.16. The standard InChI is InChI=1S/C19H17FN2O2S/c1-13-6-8-14(9-7-13)21-18(23)10-19-22-15(12-25-19)11-24-17-5-3-2-4-16(17)20/h2-9,12H,10-11H2,1H3,(H,21,23). The Morgan fingerprint density at radius 3 is 2.72 bits per heavy atom. The first-order chi connectivity index (χ1) is 12.1. The van der Waals surface area contributed by atoms with E-state index >= 15 is 0 Å². The molecule has 1 amide bonds. The van der Waals surface area contributed by atoms with E-state index in [-0.39, 0.29) is 24.7 Å². The third kappa shape index (κ3) is 4.87. The van der Waals surface area contributed by atoms with E-state index < -0.39 is 5.82 Å². The number of aryl methyl sites for hydroxylation is 1. The molecule has 3 aromatic rings. The molecule has 0 bridgehead atoms. The van der Waals surface area contributed by atoms with Gasteiger partial charge in [0.1, 0.15) is 11.6 Å². The van der Waals surface area contributed by atoms with E-state index in [9.17, 15) is 9.18 Å². The fourth-order valence-corrected chi connectivity index (χ4v) is 2.97. The first-order valence-corrected chi connectivity index (χ1v) is 8.65. The highest BCUT2D eigenvalue weighted by Gasteiger charge is 2.10. The zero-order chi connectivity index (χ0) is 17.6. The zero-order valence-corrected chi connectivity index (χ0v) is 14.5. The lowest BCUT2D eigenvalue weighted by Gasteiger charge is -2.05. The van der Waals surface area contributed by atoms with Gasteiger partial charge in [-0.2, -0.15) is 0 Å². The first-order valence-electron chi connectivity index (χ1n) is 7.77. The van der Waals surface area contributed by atoms with Crippen molar-refractivity contribution in [2.75, 3.05) is 5.32 Å². The predicted octanol–water partition coefficient (Wildman–Crippen LogP) is 4.35. The number of rotatable bonds is 6. The molecule has 3 rings (SSSR count). The second-order valence-electron chi connectivity index (χ2n) is 5.54. The fraction of sp³-hybridized carbons (Fsp3) is 0.158. The number of hydrogen-bond donors (Lipinski definition) is 1. The number of hydrogen-bond acceptors (Lipinski definition) is 4. The Balaban J connectivity index is 1.53. The molecule has 0 aliphatic carbocycles. The van der Waals surface area contributed by atoms with Gasteiger partial charge in [0, 0.05) is 11.1 Å². The molecule has 128 valence electrons. The van der Waals surface area contributed by atoms with E-state index in [0.29, 0.717) is 10.7 Å². The Bertz CT molecular complexity index is 862. The largest absolute Gasteiger partial charge is 0.484 e. The second kappa shape index (κ2) is 7.90. The van der Waals surface area contributed by atoms with Crippen LogP contribution in [-0.4, -0.2) is 10.9 Å². The van der Waals surface area contributed by atoms with Gasteiger partial charge in [0.25, 0.3) is 0 Å². The van der Waals surface area contributed by atoms with Crippen molar-refractivity contribution in [2.45, 2.75) is 20.0 Å². The van der Waals surface area contributed by atoms with Crippen LogP contribution in [0.5, 0.6) is 5.75 Å². The van der Waals surface area contributed by atoms with Crippen LogP contribution in [0.25, 0.3) is 0 Å². The maximum Gasteiger partial charge on any atom is 0.231 e. The van der Waals surface area contributed by atoms with E-state index in [1.807, 2.05) is 36.6 Å². The molecule has 25 heavy (non-hydrogen) atoms. The Labute approximate surface area is 149 Å². The van der Waals surface area contributed by atoms with Crippen molar-refractivity contribution in [3.8, 4) is 5.75 Å². The molecule has 2 aromatic carbocycles. The van der Waals surface area contributed by atoms with Crippen molar-refractivity contribution in [3.63, 3.8) is 0 Å². The number of benzene rings is 2. The van der Waals surface area contributed by atoms with Crippen molar-refractivity contribution < 1.29 is 13.9 Å². The molecule has 0 spiro atoms. The molecule has 4 nitrogen and oxygen atoms in total. The Kier molecular flexibility index (Phi) is 5.40. The van der Waals surface area contributed by atoms with Crippen molar-refractivity contribution in [2.24, 2.45) is 0 Å². The summed E-state index contributed by atoms with van der Waals surface area (Å²) < 4.78 is 18.9. The minimum absolute atomic E-state index is 0.125. The number of para-hydroxylation sites is 1. The second-order valence-corrected chi connectivity index (χ2v) is 6.49. The SMILES string of the molecule is Cc1ccc(NC(=O)Cc2nc(COc3ccccc3F)cs2)cc1. The van der Waals surface area contributed by atoms with Crippen molar-refractivity contribution in [1.29, 1.82) is 0 Å². The summed E-state index contributed by atoms with van der Waals surface area (Å²) in [6.07, 6.45) is 0.193. The zero-order valence-electron chi connectivity index (χ0n) is 13.7. The molecule has 0 radical (unpaired) electrons. The molecule has 0 aliphatic heterocycles. The molecule has 0 fully saturated rings. The number of halogens is 1. The molecule has 1 heterocycles. The summed E-state index contributed by atoms with van der Waals surface area (Å²) in [7, 11) is 0. The van der Waals surface area contributed by atoms with Gasteiger partial charge < -0.3 is 10.1 Å². The Morgan fingerprint density at radius 2 is 1.96 bits per heavy atom. The van der Waals surface area contributed by atoms with E-state index in [1.165, 1.54) is 17.4 Å². The molecule has 0 saturated carbocycles. The van der Waals surface area contributed by atoms with Gasteiger partial charge in [0.15, 0.2) is 11.6 Å². The molecule has 0 atom stereocenters. The van der Waals surface area contributed by atoms with Crippen LogP contribution in [0.3, 0.4) is 0 Å². The third-order valence-corrected chi connectivity index (χ3v) is 4.36. The van der Waals surface area contributed by atoms with Crippen LogP contribution in [0.15, 0.2) is 53.9 Å². The highest BCUT2D eigenvalue weighted by molar-refractivity contribution is 7.09. The normalized spacial score (nSPS) is 10.5. The fourth-order valence-electron chi connectivity index (χ4n) is 2.19. The number of carbonyl (C=O) groups is 1. The van der Waals surface area contributed by atoms with Gasteiger partial charge in [0.05, 0.1) is 12.1 Å². The number of anilines is 1. The number of ether oxygens (including phenoxy) is 1. The summed E-state index contributed by atoms with van der Waals surface area (Å²) in [5.74, 6) is -0.343. The Morgan fingerprint density at radius 1 is 1.20 bits per heavy atom. The van der Waals surface area contributed by atoms with Gasteiger partial charge >= 0.3 is 0 Å². The number of aromatic nitrogens is 1. The molecule has 0 unspecified atom stereocenters. The van der Waals surface area contributed by atoms with Crippen LogP contribution < -0.4 is 10.1 Å². The average molecular weight is 356 g/mol. The van der Waals surface area contributed by atoms with Crippen molar-refractivity contribution in [3.05, 3.63) is 76.0 Å². The van der Waals surface area contributed by atoms with Gasteiger partial charge in [-0.15, -0.1) is 11.3 Å². The Hall–Kier alpha value is -2.73. The predicted molar refractivity (Wildman–Crippen MR) is 96.4 cm³/mol. The number of thiazole rings is 1. The molecule has 1 N–H and O–H groups in total. The minimum atomic E-state index is -0.407. The molecule has 6 heteroatoms. The third-order valence-electron chi connectivity index (χ3n) is 3.46. The molecule has 0 aliphatic rings. The van der Waals surface area contributed by atoms with E-state index in [2.05, 4.69) is 10.3 Å². The number of nitrogens with zero attached hydrogens (tertiary/aromatic N) is 1. The van der Waals surface area contributed by atoms with Gasteiger partial charge in [0.2, 0.25) is 5.91 Å². The quantitative estimate of drug-likeness (QED) is 0.714. The topological polar surface area (TPSA) is 51.2 Å². The first kappa shape index (κ1) is 17.1. The van der Waals surface area contributed by atoms with Crippen LogP contribution in [-0.2, 0) is 17.8 Å². The van der Waals surface area contributed by atoms with Gasteiger partial charge in [-0.1, -0.05) is 29.8 Å². The number of nitrogens with one attached hydrogen (secondary N) is 1. The molecular weight excluding hydrogens is 339 g/mol. The van der Waals surface area contributed by atoms with Crippen LogP contribution in [0.2, 0.25) is 0 Å². The van der Waals surface area contributed by atoms with Crippen molar-refractivity contribution >= 4 is 22.9 Å². The monoisotopic (exact) mass is 356 g/mol. The maximum absolute atomic E-state index is 13.5. The minimum Gasteiger partial charge on any atom is -0.484 e. The van der Waals surface area contributed by atoms with Crippen LogP contribution in [0.1, 0.15) is 16.3 Å². The maximum atomic E-state index is 13.5. The number of amides is 1. The number of carbonyl (C=O) groups excluding carboxylic acids is 1. The van der Waals surface area contributed by atoms with Crippen LogP contribution in [0, 0.1) is 12.7 Å². The van der Waals surface area contributed by atoms with Crippen LogP contribution in [0.4, 0.5) is 10.1 Å². The summed E-state index contributed by atoms with van der Waals surface area (Å²) in [6, 6.07) is 13.8. The van der Waals surface area contributed by atoms with E-state index in [1.54, 1.807) is 18.2 Å². The average Bonchev–Trinajstić information content (AvgIpc) is 3.03. The summed E-state index contributed by atoms with van der Waals surface area (Å²) in [5.41, 5.74) is 2.57. The molecule has 0 saturated heterocycles. The lowest BCUT2D eigenvalue weighted by atomic mass is 10.2. The van der Waals surface area contributed by atoms with Gasteiger partial charge in [-0.05, 0) is 31.2 Å². The highest BCUT2D eigenvalue weighted by Crippen LogP contribution is 2.18. The highest BCUT2D eigenvalue weighted by atomic mass is 32.1. The van der Waals surface area contributed by atoms with E-state index in [4.69, 9.17) is 4.74 Å². The lowest BCUT2D eigenvalue weighted by Crippen LogP contribution is -2.14. The smallest absolute Gasteiger partial charge is 0.231 e. The summed E-state index contributed by atoms with van der Waals surface area (Å²) in [4.78, 5) is 16.4. The molecule has 1 aromatic heterocycles. The summed E-state index contributed by atoms with van der Waals surface area (Å²) in [5, 5.41) is 5.35. The molecular formula is C19H17FN2O2S. The lowest BCUT2D eigenvalue weighted by molar-refractivity contribution is -0.115. The van der Waals surface area contributed by atoms with Crippen molar-refractivity contribution in [1.82, 2.24) is 4.98 Å².